The van der Waals surface area contributed by atoms with Crippen LogP contribution in [0.3, 0.4) is 0 Å². The summed E-state index contributed by atoms with van der Waals surface area (Å²) >= 11 is 11.8. The quantitative estimate of drug-likeness (QED) is 0.724. The van der Waals surface area contributed by atoms with E-state index in [2.05, 4.69) is 15.6 Å². The van der Waals surface area contributed by atoms with E-state index in [1.807, 2.05) is 0 Å². The van der Waals surface area contributed by atoms with E-state index in [-0.39, 0.29) is 28.9 Å². The van der Waals surface area contributed by atoms with Crippen molar-refractivity contribution in [3.63, 3.8) is 0 Å². The maximum Gasteiger partial charge on any atom is 0.280 e. The van der Waals surface area contributed by atoms with Crippen molar-refractivity contribution in [2.24, 2.45) is 0 Å². The Morgan fingerprint density at radius 3 is 2.76 bits per heavy atom. The predicted molar refractivity (Wildman–Crippen MR) is 94.4 cm³/mol. The summed E-state index contributed by atoms with van der Waals surface area (Å²) in [5.41, 5.74) is 6.90. The zero-order valence-corrected chi connectivity index (χ0v) is 14.2. The molecule has 0 radical (unpaired) electrons. The first-order chi connectivity index (χ1) is 11.9. The number of nitrogens with two attached hydrogens (primary N) is 1. The molecule has 0 saturated heterocycles. The third-order valence-corrected chi connectivity index (χ3v) is 3.94. The maximum absolute atomic E-state index is 13.2. The third kappa shape index (κ3) is 3.89. The molecule has 2 aromatic carbocycles. The predicted octanol–water partition coefficient (Wildman–Crippen LogP) is 3.61. The summed E-state index contributed by atoms with van der Waals surface area (Å²) in [4.78, 5) is 12.3. The number of amides is 1. The highest BCUT2D eigenvalue weighted by atomic mass is 35.5. The number of anilines is 2. The molecule has 6 nitrogen and oxygen atoms in total. The van der Waals surface area contributed by atoms with Gasteiger partial charge in [0.25, 0.3) is 5.91 Å². The van der Waals surface area contributed by atoms with Crippen molar-refractivity contribution in [1.29, 1.82) is 0 Å². The number of nitrogens with one attached hydrogen (secondary N) is 1. The van der Waals surface area contributed by atoms with E-state index in [1.165, 1.54) is 22.9 Å². The Hall–Kier alpha value is -2.64. The van der Waals surface area contributed by atoms with Crippen LogP contribution in [0.15, 0.2) is 42.5 Å². The molecule has 1 amide bonds. The van der Waals surface area contributed by atoms with Crippen LogP contribution < -0.4 is 11.1 Å². The van der Waals surface area contributed by atoms with Crippen molar-refractivity contribution >= 4 is 40.6 Å². The van der Waals surface area contributed by atoms with Gasteiger partial charge in [-0.1, -0.05) is 40.5 Å². The van der Waals surface area contributed by atoms with Crippen molar-refractivity contribution < 1.29 is 9.18 Å². The summed E-state index contributed by atoms with van der Waals surface area (Å²) in [5.74, 6) is -0.870. The summed E-state index contributed by atoms with van der Waals surface area (Å²) in [7, 11) is 0. The van der Waals surface area contributed by atoms with Gasteiger partial charge in [0.05, 0.1) is 17.3 Å². The summed E-state index contributed by atoms with van der Waals surface area (Å²) in [6.07, 6.45) is 0. The number of rotatable bonds is 4. The number of aromatic nitrogens is 3. The fourth-order valence-electron chi connectivity index (χ4n) is 2.18. The number of carbonyl (C=O) groups is 1. The van der Waals surface area contributed by atoms with Gasteiger partial charge in [-0.3, -0.25) is 4.79 Å². The van der Waals surface area contributed by atoms with Crippen LogP contribution in [0.5, 0.6) is 0 Å². The normalized spacial score (nSPS) is 10.7. The van der Waals surface area contributed by atoms with Crippen molar-refractivity contribution in [2.45, 2.75) is 6.54 Å². The maximum atomic E-state index is 13.2. The number of nitrogen functional groups attached to an aromatic ring is 1. The lowest BCUT2D eigenvalue weighted by atomic mass is 10.2. The van der Waals surface area contributed by atoms with Gasteiger partial charge in [0.15, 0.2) is 11.5 Å². The van der Waals surface area contributed by atoms with Crippen LogP contribution in [0.25, 0.3) is 0 Å². The summed E-state index contributed by atoms with van der Waals surface area (Å²) in [5, 5.41) is 11.0. The number of hydrogen-bond donors (Lipinski definition) is 2. The second kappa shape index (κ2) is 7.08. The Bertz CT molecular complexity index is 944. The van der Waals surface area contributed by atoms with Gasteiger partial charge < -0.3 is 11.1 Å². The number of halogens is 3. The molecule has 3 rings (SSSR count). The number of nitrogens with zero attached hydrogens (tertiary/aromatic N) is 3. The van der Waals surface area contributed by atoms with Crippen LogP contribution in [0.2, 0.25) is 10.0 Å². The van der Waals surface area contributed by atoms with E-state index < -0.39 is 5.91 Å². The van der Waals surface area contributed by atoms with Crippen LogP contribution in [-0.4, -0.2) is 20.9 Å². The third-order valence-electron chi connectivity index (χ3n) is 3.39. The standard InChI is InChI=1S/C16H12Cl2FN5O/c17-10-4-5-13(12(18)7-10)21-16(25)14-15(20)24(23-22-14)8-9-2-1-3-11(19)6-9/h1-7H,8,20H2,(H,21,25). The molecule has 0 bridgehead atoms. The number of benzene rings is 2. The summed E-state index contributed by atoms with van der Waals surface area (Å²) < 4.78 is 14.6. The van der Waals surface area contributed by atoms with E-state index in [4.69, 9.17) is 28.9 Å². The highest BCUT2D eigenvalue weighted by molar-refractivity contribution is 6.36. The molecule has 1 aromatic heterocycles. The lowest BCUT2D eigenvalue weighted by molar-refractivity contribution is 0.102. The smallest absolute Gasteiger partial charge is 0.280 e. The summed E-state index contributed by atoms with van der Waals surface area (Å²) in [6, 6.07) is 10.6. The lowest BCUT2D eigenvalue weighted by Crippen LogP contribution is -2.15. The van der Waals surface area contributed by atoms with Crippen LogP contribution >= 0.6 is 23.2 Å². The molecule has 0 fully saturated rings. The average Bonchev–Trinajstić information content (AvgIpc) is 2.91. The molecular weight excluding hydrogens is 368 g/mol. The van der Waals surface area contributed by atoms with E-state index in [0.29, 0.717) is 16.3 Å². The van der Waals surface area contributed by atoms with Gasteiger partial charge >= 0.3 is 0 Å². The van der Waals surface area contributed by atoms with Crippen molar-refractivity contribution in [3.8, 4) is 0 Å². The van der Waals surface area contributed by atoms with Gasteiger partial charge in [0.2, 0.25) is 0 Å². The van der Waals surface area contributed by atoms with E-state index in [1.54, 1.807) is 24.3 Å². The zero-order valence-electron chi connectivity index (χ0n) is 12.7. The Balaban J connectivity index is 1.79. The van der Waals surface area contributed by atoms with E-state index >= 15 is 0 Å². The highest BCUT2D eigenvalue weighted by Gasteiger charge is 2.18. The SMILES string of the molecule is Nc1c(C(=O)Nc2ccc(Cl)cc2Cl)nnn1Cc1cccc(F)c1. The van der Waals surface area contributed by atoms with E-state index in [9.17, 15) is 9.18 Å². The molecular formula is C16H12Cl2FN5O. The minimum absolute atomic E-state index is 0.0533. The molecule has 3 N–H and O–H groups in total. The second-order valence-corrected chi connectivity index (χ2v) is 6.03. The fraction of sp³-hybridized carbons (Fsp3) is 0.0625. The van der Waals surface area contributed by atoms with Gasteiger partial charge in [-0.2, -0.15) is 0 Å². The minimum Gasteiger partial charge on any atom is -0.382 e. The van der Waals surface area contributed by atoms with E-state index in [0.717, 1.165) is 0 Å². The largest absolute Gasteiger partial charge is 0.382 e. The molecule has 0 unspecified atom stereocenters. The monoisotopic (exact) mass is 379 g/mol. The Morgan fingerprint density at radius 2 is 2.04 bits per heavy atom. The van der Waals surface area contributed by atoms with Gasteiger partial charge in [-0.15, -0.1) is 5.10 Å². The van der Waals surface area contributed by atoms with Crippen molar-refractivity contribution in [3.05, 3.63) is 69.6 Å². The topological polar surface area (TPSA) is 85.8 Å². The first-order valence-electron chi connectivity index (χ1n) is 7.14. The van der Waals surface area contributed by atoms with Gasteiger partial charge in [0.1, 0.15) is 5.82 Å². The summed E-state index contributed by atoms with van der Waals surface area (Å²) in [6.45, 7) is 0.186. The molecule has 25 heavy (non-hydrogen) atoms. The molecule has 9 heteroatoms. The van der Waals surface area contributed by atoms with Crippen LogP contribution in [0.1, 0.15) is 16.1 Å². The molecule has 0 spiro atoms. The lowest BCUT2D eigenvalue weighted by Gasteiger charge is -2.07. The van der Waals surface area contributed by atoms with Gasteiger partial charge in [-0.25, -0.2) is 9.07 Å². The fourth-order valence-corrected chi connectivity index (χ4v) is 2.64. The molecule has 0 atom stereocenters. The minimum atomic E-state index is -0.563. The van der Waals surface area contributed by atoms with Crippen molar-refractivity contribution in [2.75, 3.05) is 11.1 Å². The Morgan fingerprint density at radius 1 is 1.24 bits per heavy atom. The molecule has 0 aliphatic rings. The van der Waals surface area contributed by atoms with Crippen LogP contribution in [0.4, 0.5) is 15.9 Å². The first kappa shape index (κ1) is 17.2. The van der Waals surface area contributed by atoms with Gasteiger partial charge in [-0.05, 0) is 35.9 Å². The zero-order chi connectivity index (χ0) is 18.0. The molecule has 128 valence electrons. The highest BCUT2D eigenvalue weighted by Crippen LogP contribution is 2.26. The molecule has 0 aliphatic carbocycles. The Kier molecular flexibility index (Phi) is 4.87. The average molecular weight is 380 g/mol. The van der Waals surface area contributed by atoms with Crippen LogP contribution in [0, 0.1) is 5.82 Å². The number of hydrogen-bond acceptors (Lipinski definition) is 4. The Labute approximate surface area is 152 Å². The molecule has 0 saturated carbocycles. The molecule has 0 aliphatic heterocycles. The first-order valence-corrected chi connectivity index (χ1v) is 7.89. The van der Waals surface area contributed by atoms with Crippen molar-refractivity contribution in [1.82, 2.24) is 15.0 Å². The number of carbonyl (C=O) groups excluding carboxylic acids is 1. The second-order valence-electron chi connectivity index (χ2n) is 5.19. The molecule has 1 heterocycles. The van der Waals surface area contributed by atoms with Crippen LogP contribution in [-0.2, 0) is 6.54 Å². The van der Waals surface area contributed by atoms with Gasteiger partial charge in [0, 0.05) is 5.02 Å². The molecule has 3 aromatic rings.